The molecule has 13 heteroatoms. The summed E-state index contributed by atoms with van der Waals surface area (Å²) < 4.78 is 55.1. The highest BCUT2D eigenvalue weighted by atomic mass is 32.2. The summed E-state index contributed by atoms with van der Waals surface area (Å²) in [6, 6.07) is 1.66. The molecule has 0 aliphatic heterocycles. The largest absolute Gasteiger partial charge is 0.478 e. The highest BCUT2D eigenvalue weighted by Crippen LogP contribution is 2.35. The van der Waals surface area contributed by atoms with Gasteiger partial charge in [-0.3, -0.25) is 4.72 Å². The molecule has 1 unspecified atom stereocenters. The lowest BCUT2D eigenvalue weighted by Gasteiger charge is -2.14. The standard InChI is InChI=1S/C15H16F2N6O4S/c1-25-13-12(27-6-11(16)17)14(26-2)22-15(21-13)23-28(24)8-3-9(19-4-8)10-5-18-7-20-10/h3-5,7,11,19H,6H2,1-2H3,(H,18,20)(H,21,22,23). The van der Waals surface area contributed by atoms with Crippen molar-refractivity contribution in [3.05, 3.63) is 24.8 Å². The summed E-state index contributed by atoms with van der Waals surface area (Å²) >= 11 is 0. The number of anilines is 1. The lowest BCUT2D eigenvalue weighted by Crippen LogP contribution is -2.12. The lowest BCUT2D eigenvalue weighted by molar-refractivity contribution is 0.0781. The number of nitrogens with one attached hydrogen (secondary N) is 3. The van der Waals surface area contributed by atoms with Gasteiger partial charge in [0.1, 0.15) is 6.61 Å². The average Bonchev–Trinajstić information content (AvgIpc) is 3.37. The van der Waals surface area contributed by atoms with Gasteiger partial charge in [-0.25, -0.2) is 18.0 Å². The third-order valence-electron chi connectivity index (χ3n) is 3.39. The Morgan fingerprint density at radius 1 is 1.18 bits per heavy atom. The van der Waals surface area contributed by atoms with Crippen molar-refractivity contribution >= 4 is 16.9 Å². The fourth-order valence-electron chi connectivity index (χ4n) is 2.18. The second-order valence-corrected chi connectivity index (χ2v) is 6.40. The maximum atomic E-state index is 12.6. The van der Waals surface area contributed by atoms with Crippen LogP contribution in [0.5, 0.6) is 17.5 Å². The number of rotatable bonds is 9. The summed E-state index contributed by atoms with van der Waals surface area (Å²) in [6.45, 7) is -0.880. The van der Waals surface area contributed by atoms with Gasteiger partial charge in [0.15, 0.2) is 11.0 Å². The van der Waals surface area contributed by atoms with E-state index in [2.05, 4.69) is 29.6 Å². The Hall–Kier alpha value is -3.22. The fraction of sp³-hybridized carbons (Fsp3) is 0.267. The molecule has 150 valence electrons. The molecule has 0 aliphatic rings. The van der Waals surface area contributed by atoms with Crippen molar-refractivity contribution in [2.75, 3.05) is 25.5 Å². The van der Waals surface area contributed by atoms with E-state index in [0.717, 1.165) is 5.69 Å². The first-order chi connectivity index (χ1) is 13.5. The minimum Gasteiger partial charge on any atom is -0.478 e. The third kappa shape index (κ3) is 4.36. The zero-order chi connectivity index (χ0) is 20.1. The van der Waals surface area contributed by atoms with Crippen molar-refractivity contribution in [3.63, 3.8) is 0 Å². The molecule has 0 radical (unpaired) electrons. The second kappa shape index (κ2) is 8.65. The molecule has 3 aromatic heterocycles. The van der Waals surface area contributed by atoms with E-state index in [9.17, 15) is 13.0 Å². The molecule has 0 bridgehead atoms. The van der Waals surface area contributed by atoms with Gasteiger partial charge in [0.25, 0.3) is 18.2 Å². The lowest BCUT2D eigenvalue weighted by atomic mass is 10.3. The molecular formula is C15H16F2N6O4S. The number of H-pyrrole nitrogens is 2. The molecule has 10 nitrogen and oxygen atoms in total. The Labute approximate surface area is 160 Å². The van der Waals surface area contributed by atoms with Crippen LogP contribution in [0.15, 0.2) is 29.7 Å². The minimum absolute atomic E-state index is 0.0966. The summed E-state index contributed by atoms with van der Waals surface area (Å²) in [7, 11) is 0.831. The van der Waals surface area contributed by atoms with Crippen molar-refractivity contribution < 1.29 is 27.2 Å². The molecule has 3 N–H and O–H groups in total. The topological polar surface area (TPSA) is 127 Å². The van der Waals surface area contributed by atoms with Gasteiger partial charge in [0.05, 0.1) is 43.0 Å². The normalized spacial score (nSPS) is 12.0. The van der Waals surface area contributed by atoms with E-state index in [0.29, 0.717) is 10.6 Å². The number of ether oxygens (including phenoxy) is 3. The number of hydrogen-bond donors (Lipinski definition) is 3. The van der Waals surface area contributed by atoms with Crippen LogP contribution in [0.2, 0.25) is 0 Å². The maximum Gasteiger partial charge on any atom is 0.272 e. The Kier molecular flexibility index (Phi) is 6.03. The van der Waals surface area contributed by atoms with E-state index in [1.165, 1.54) is 20.5 Å². The van der Waals surface area contributed by atoms with Crippen LogP contribution in [0.25, 0.3) is 11.4 Å². The summed E-state index contributed by atoms with van der Waals surface area (Å²) in [5.41, 5.74) is 1.41. The number of alkyl halides is 2. The number of methoxy groups -OCH3 is 2. The van der Waals surface area contributed by atoms with Crippen molar-refractivity contribution in [2.24, 2.45) is 0 Å². The number of aromatic amines is 2. The van der Waals surface area contributed by atoms with Gasteiger partial charge in [0.2, 0.25) is 11.7 Å². The average molecular weight is 414 g/mol. The van der Waals surface area contributed by atoms with E-state index in [-0.39, 0.29) is 23.5 Å². The first-order valence-electron chi connectivity index (χ1n) is 7.78. The molecule has 0 aliphatic carbocycles. The second-order valence-electron chi connectivity index (χ2n) is 5.18. The fourth-order valence-corrected chi connectivity index (χ4v) is 2.95. The molecule has 3 rings (SSSR count). The van der Waals surface area contributed by atoms with Crippen LogP contribution in [0.1, 0.15) is 0 Å². The van der Waals surface area contributed by atoms with E-state index in [4.69, 9.17) is 14.2 Å². The van der Waals surface area contributed by atoms with Gasteiger partial charge in [-0.2, -0.15) is 9.97 Å². The molecule has 0 saturated heterocycles. The van der Waals surface area contributed by atoms with Gasteiger partial charge < -0.3 is 24.2 Å². The SMILES string of the molecule is COc1nc(NS(=O)c2c[nH]c(-c3cnc[nH]3)c2)nc(OC)c1OCC(F)F. The van der Waals surface area contributed by atoms with Crippen LogP contribution in [-0.2, 0) is 11.0 Å². The van der Waals surface area contributed by atoms with E-state index >= 15 is 0 Å². The Bertz CT molecular complexity index is 925. The highest BCUT2D eigenvalue weighted by Gasteiger charge is 2.21. The summed E-state index contributed by atoms with van der Waals surface area (Å²) in [4.78, 5) is 18.2. The van der Waals surface area contributed by atoms with Crippen LogP contribution in [0.3, 0.4) is 0 Å². The van der Waals surface area contributed by atoms with Crippen LogP contribution < -0.4 is 18.9 Å². The molecule has 0 saturated carbocycles. The van der Waals surface area contributed by atoms with Crippen molar-refractivity contribution in [3.8, 4) is 28.9 Å². The van der Waals surface area contributed by atoms with Crippen molar-refractivity contribution in [1.29, 1.82) is 0 Å². The predicted molar refractivity (Wildman–Crippen MR) is 95.0 cm³/mol. The minimum atomic E-state index is -2.70. The van der Waals surface area contributed by atoms with Gasteiger partial charge in [-0.05, 0) is 6.07 Å². The zero-order valence-electron chi connectivity index (χ0n) is 14.7. The first kappa shape index (κ1) is 19.5. The molecule has 3 heterocycles. The van der Waals surface area contributed by atoms with E-state index in [1.54, 1.807) is 18.5 Å². The quantitative estimate of drug-likeness (QED) is 0.489. The molecule has 0 fully saturated rings. The number of hydrogen-bond acceptors (Lipinski definition) is 7. The Morgan fingerprint density at radius 3 is 2.46 bits per heavy atom. The zero-order valence-corrected chi connectivity index (χ0v) is 15.5. The van der Waals surface area contributed by atoms with Gasteiger partial charge >= 0.3 is 0 Å². The monoisotopic (exact) mass is 414 g/mol. The molecule has 3 aromatic rings. The van der Waals surface area contributed by atoms with Crippen molar-refractivity contribution in [1.82, 2.24) is 24.9 Å². The van der Waals surface area contributed by atoms with Gasteiger partial charge in [0, 0.05) is 6.20 Å². The number of imidazole rings is 1. The Morgan fingerprint density at radius 2 is 1.89 bits per heavy atom. The van der Waals surface area contributed by atoms with E-state index < -0.39 is 24.0 Å². The van der Waals surface area contributed by atoms with Gasteiger partial charge in [-0.1, -0.05) is 0 Å². The van der Waals surface area contributed by atoms with Crippen LogP contribution in [-0.4, -0.2) is 56.4 Å². The molecule has 28 heavy (non-hydrogen) atoms. The van der Waals surface area contributed by atoms with Crippen molar-refractivity contribution in [2.45, 2.75) is 11.3 Å². The van der Waals surface area contributed by atoms with Crippen LogP contribution in [0, 0.1) is 0 Å². The van der Waals surface area contributed by atoms with Crippen LogP contribution >= 0.6 is 0 Å². The molecule has 0 spiro atoms. The predicted octanol–water partition coefficient (Wildman–Crippen LogP) is 1.99. The number of nitrogens with zero attached hydrogens (tertiary/aromatic N) is 3. The first-order valence-corrected chi connectivity index (χ1v) is 8.93. The summed E-state index contributed by atoms with van der Waals surface area (Å²) in [5.74, 6) is -0.552. The highest BCUT2D eigenvalue weighted by molar-refractivity contribution is 7.86. The maximum absolute atomic E-state index is 12.6. The molecule has 0 amide bonds. The smallest absolute Gasteiger partial charge is 0.272 e. The molecule has 0 aromatic carbocycles. The van der Waals surface area contributed by atoms with Gasteiger partial charge in [-0.15, -0.1) is 0 Å². The molecule has 1 atom stereocenters. The summed E-state index contributed by atoms with van der Waals surface area (Å²) in [5, 5.41) is 0. The molecular weight excluding hydrogens is 398 g/mol. The summed E-state index contributed by atoms with van der Waals surface area (Å²) in [6.07, 6.45) is 1.99. The third-order valence-corrected chi connectivity index (χ3v) is 4.42. The Balaban J connectivity index is 1.80. The van der Waals surface area contributed by atoms with E-state index in [1.807, 2.05) is 0 Å². The number of aromatic nitrogens is 5. The number of halogens is 2. The van der Waals surface area contributed by atoms with Crippen LogP contribution in [0.4, 0.5) is 14.7 Å².